The number of rotatable bonds is 2. The zero-order chi connectivity index (χ0) is 19.1. The highest BCUT2D eigenvalue weighted by Crippen LogP contribution is 2.27. The molecule has 1 saturated heterocycles. The maximum absolute atomic E-state index is 13.0. The Kier molecular flexibility index (Phi) is 4.82. The summed E-state index contributed by atoms with van der Waals surface area (Å²) in [4.78, 5) is 30.5. The van der Waals surface area contributed by atoms with E-state index in [1.165, 1.54) is 0 Å². The van der Waals surface area contributed by atoms with E-state index in [0.717, 1.165) is 22.9 Å². The molecule has 1 fully saturated rings. The topological polar surface area (TPSA) is 62.4 Å². The summed E-state index contributed by atoms with van der Waals surface area (Å²) in [5.74, 6) is -0.341. The molecule has 0 spiro atoms. The number of carbonyl (C=O) groups excluding carboxylic acids is 2. The Hall–Kier alpha value is -2.30. The minimum atomic E-state index is -0.516. The van der Waals surface area contributed by atoms with E-state index in [1.807, 2.05) is 45.9 Å². The third kappa shape index (κ3) is 3.92. The van der Waals surface area contributed by atoms with Crippen LogP contribution in [0.3, 0.4) is 0 Å². The molecule has 0 radical (unpaired) electrons. The van der Waals surface area contributed by atoms with Crippen LogP contribution >= 0.6 is 0 Å². The van der Waals surface area contributed by atoms with Gasteiger partial charge in [0.25, 0.3) is 5.91 Å². The largest absolute Gasteiger partial charge is 0.460 e. The zero-order valence-corrected chi connectivity index (χ0v) is 16.3. The van der Waals surface area contributed by atoms with Gasteiger partial charge in [0.2, 0.25) is 0 Å². The number of aryl methyl sites for hydroxylation is 1. The number of hydrogen-bond donors (Lipinski definition) is 1. The van der Waals surface area contributed by atoms with Gasteiger partial charge >= 0.3 is 5.97 Å². The van der Waals surface area contributed by atoms with Crippen LogP contribution in [0.15, 0.2) is 24.3 Å². The Morgan fingerprint density at radius 3 is 2.65 bits per heavy atom. The van der Waals surface area contributed by atoms with E-state index in [1.54, 1.807) is 4.90 Å². The highest BCUT2D eigenvalue weighted by atomic mass is 16.6. The number of piperidine rings is 1. The highest BCUT2D eigenvalue weighted by molar-refractivity contribution is 5.98. The van der Waals surface area contributed by atoms with Crippen LogP contribution in [0.5, 0.6) is 0 Å². The van der Waals surface area contributed by atoms with Crippen molar-refractivity contribution in [3.63, 3.8) is 0 Å². The maximum atomic E-state index is 13.0. The molecule has 1 amide bonds. The molecule has 26 heavy (non-hydrogen) atoms. The molecular formula is C21H28N2O3. The molecule has 2 aromatic rings. The lowest BCUT2D eigenvalue weighted by Crippen LogP contribution is -2.47. The van der Waals surface area contributed by atoms with Gasteiger partial charge < -0.3 is 14.6 Å². The summed E-state index contributed by atoms with van der Waals surface area (Å²) >= 11 is 0. The van der Waals surface area contributed by atoms with Gasteiger partial charge in [0, 0.05) is 24.0 Å². The quantitative estimate of drug-likeness (QED) is 0.830. The van der Waals surface area contributed by atoms with Gasteiger partial charge in [-0.05, 0) is 58.2 Å². The lowest BCUT2D eigenvalue weighted by Gasteiger charge is -2.36. The number of amides is 1. The van der Waals surface area contributed by atoms with Crippen molar-refractivity contribution in [3.8, 4) is 0 Å². The first-order valence-electron chi connectivity index (χ1n) is 9.25. The Morgan fingerprint density at radius 2 is 1.96 bits per heavy atom. The van der Waals surface area contributed by atoms with Gasteiger partial charge in [0.05, 0.1) is 5.92 Å². The number of carbonyl (C=O) groups is 2. The monoisotopic (exact) mass is 356 g/mol. The van der Waals surface area contributed by atoms with E-state index >= 15 is 0 Å². The fourth-order valence-electron chi connectivity index (χ4n) is 3.48. The maximum Gasteiger partial charge on any atom is 0.311 e. The number of nitrogens with one attached hydrogen (secondary N) is 1. The van der Waals surface area contributed by atoms with E-state index in [9.17, 15) is 9.59 Å². The number of ether oxygens (including phenoxy) is 1. The Labute approximate surface area is 154 Å². The summed E-state index contributed by atoms with van der Waals surface area (Å²) < 4.78 is 5.56. The SMILES string of the molecule is Cc1ccc2[nH]c(C(=O)N3CCC(C)C(C(=O)OC(C)(C)C)C3)cc2c1. The smallest absolute Gasteiger partial charge is 0.311 e. The number of esters is 1. The number of aromatic amines is 1. The van der Waals surface area contributed by atoms with Gasteiger partial charge in [-0.25, -0.2) is 0 Å². The second-order valence-corrected chi connectivity index (χ2v) is 8.43. The standard InChI is InChI=1S/C21H28N2O3/c1-13-6-7-17-15(10-13)11-18(22-17)19(24)23-9-8-14(2)16(12-23)20(25)26-21(3,4)5/h6-7,10-11,14,16,22H,8-9,12H2,1-5H3. The van der Waals surface area contributed by atoms with Gasteiger partial charge in [0.15, 0.2) is 0 Å². The molecule has 3 rings (SSSR count). The Balaban J connectivity index is 1.77. The molecule has 0 bridgehead atoms. The minimum absolute atomic E-state index is 0.0562. The first-order valence-corrected chi connectivity index (χ1v) is 9.25. The van der Waals surface area contributed by atoms with Gasteiger partial charge in [-0.15, -0.1) is 0 Å². The van der Waals surface area contributed by atoms with E-state index in [0.29, 0.717) is 18.8 Å². The first-order chi connectivity index (χ1) is 12.1. The molecule has 140 valence electrons. The van der Waals surface area contributed by atoms with Crippen molar-refractivity contribution in [2.45, 2.75) is 46.6 Å². The molecular weight excluding hydrogens is 328 g/mol. The first kappa shape index (κ1) is 18.5. The predicted octanol–water partition coefficient (Wildman–Crippen LogP) is 3.92. The number of benzene rings is 1. The van der Waals surface area contributed by atoms with Crippen LogP contribution < -0.4 is 0 Å². The van der Waals surface area contributed by atoms with Crippen molar-refractivity contribution in [2.24, 2.45) is 11.8 Å². The lowest BCUT2D eigenvalue weighted by atomic mass is 9.86. The predicted molar refractivity (Wildman–Crippen MR) is 102 cm³/mol. The van der Waals surface area contributed by atoms with Crippen molar-refractivity contribution in [1.29, 1.82) is 0 Å². The van der Waals surface area contributed by atoms with Crippen LogP contribution in [0.2, 0.25) is 0 Å². The molecule has 5 nitrogen and oxygen atoms in total. The number of hydrogen-bond acceptors (Lipinski definition) is 3. The van der Waals surface area contributed by atoms with E-state index in [4.69, 9.17) is 4.74 Å². The van der Waals surface area contributed by atoms with Crippen molar-refractivity contribution >= 4 is 22.8 Å². The number of fused-ring (bicyclic) bond motifs is 1. The van der Waals surface area contributed by atoms with Gasteiger partial charge in [-0.2, -0.15) is 0 Å². The molecule has 1 aromatic heterocycles. The molecule has 1 aromatic carbocycles. The van der Waals surface area contributed by atoms with Crippen LogP contribution in [-0.4, -0.2) is 40.5 Å². The van der Waals surface area contributed by atoms with Crippen LogP contribution in [-0.2, 0) is 9.53 Å². The van der Waals surface area contributed by atoms with Gasteiger partial charge in [0.1, 0.15) is 11.3 Å². The summed E-state index contributed by atoms with van der Waals surface area (Å²) in [7, 11) is 0. The third-order valence-corrected chi connectivity index (χ3v) is 4.96. The fourth-order valence-corrected chi connectivity index (χ4v) is 3.48. The Morgan fingerprint density at radius 1 is 1.23 bits per heavy atom. The Bertz CT molecular complexity index is 831. The van der Waals surface area contributed by atoms with Crippen LogP contribution in [0.25, 0.3) is 10.9 Å². The molecule has 2 atom stereocenters. The fraction of sp³-hybridized carbons (Fsp3) is 0.524. The van der Waals surface area contributed by atoms with Crippen molar-refractivity contribution in [1.82, 2.24) is 9.88 Å². The molecule has 2 heterocycles. The minimum Gasteiger partial charge on any atom is -0.460 e. The summed E-state index contributed by atoms with van der Waals surface area (Å²) in [5, 5.41) is 1.03. The third-order valence-electron chi connectivity index (χ3n) is 4.96. The molecule has 0 aliphatic carbocycles. The number of aromatic nitrogens is 1. The summed E-state index contributed by atoms with van der Waals surface area (Å²) in [6.45, 7) is 10.8. The van der Waals surface area contributed by atoms with Crippen LogP contribution in [0.4, 0.5) is 0 Å². The molecule has 1 N–H and O–H groups in total. The second-order valence-electron chi connectivity index (χ2n) is 8.43. The number of likely N-dealkylation sites (tertiary alicyclic amines) is 1. The van der Waals surface area contributed by atoms with Crippen LogP contribution in [0.1, 0.15) is 50.2 Å². The van der Waals surface area contributed by atoms with Gasteiger partial charge in [-0.3, -0.25) is 9.59 Å². The van der Waals surface area contributed by atoms with E-state index < -0.39 is 5.60 Å². The molecule has 2 unspecified atom stereocenters. The summed E-state index contributed by atoms with van der Waals surface area (Å²) in [6.07, 6.45) is 0.801. The molecule has 1 aliphatic rings. The second kappa shape index (κ2) is 6.78. The number of nitrogens with zero attached hydrogens (tertiary/aromatic N) is 1. The van der Waals surface area contributed by atoms with E-state index in [2.05, 4.69) is 18.0 Å². The van der Waals surface area contributed by atoms with Crippen molar-refractivity contribution < 1.29 is 14.3 Å². The van der Waals surface area contributed by atoms with Gasteiger partial charge in [-0.1, -0.05) is 18.6 Å². The normalized spacial score (nSPS) is 21.0. The lowest BCUT2D eigenvalue weighted by molar-refractivity contribution is -0.163. The molecule has 1 aliphatic heterocycles. The summed E-state index contributed by atoms with van der Waals surface area (Å²) in [6, 6.07) is 7.97. The molecule has 0 saturated carbocycles. The average molecular weight is 356 g/mol. The van der Waals surface area contributed by atoms with Crippen LogP contribution in [0, 0.1) is 18.8 Å². The molecule has 5 heteroatoms. The van der Waals surface area contributed by atoms with Crippen molar-refractivity contribution in [3.05, 3.63) is 35.5 Å². The van der Waals surface area contributed by atoms with Crippen molar-refractivity contribution in [2.75, 3.05) is 13.1 Å². The highest BCUT2D eigenvalue weighted by Gasteiger charge is 2.36. The van der Waals surface area contributed by atoms with E-state index in [-0.39, 0.29) is 23.7 Å². The zero-order valence-electron chi connectivity index (χ0n) is 16.3. The average Bonchev–Trinajstić information content (AvgIpc) is 2.96. The number of H-pyrrole nitrogens is 1. The summed E-state index contributed by atoms with van der Waals surface area (Å²) in [5.41, 5.74) is 2.17.